The minimum atomic E-state index is -0.301. The van der Waals surface area contributed by atoms with Gasteiger partial charge in [-0.2, -0.15) is 0 Å². The highest BCUT2D eigenvalue weighted by atomic mass is 32.1. The molecule has 0 spiro atoms. The number of carbonyl (C=O) groups is 1. The molecule has 9 nitrogen and oxygen atoms in total. The van der Waals surface area contributed by atoms with Crippen molar-refractivity contribution in [3.63, 3.8) is 0 Å². The standard InChI is InChI=1S/C15H18N8OS/c1-4-13-19-20-14(25-13)7-16-15(24)18-12-6-11(5-9(2)10(12)3)23-8-17-21-22-23/h5-6,8H,4,7H2,1-3H3,(H2,16,18,24). The molecule has 2 heterocycles. The van der Waals surface area contributed by atoms with Gasteiger partial charge in [0.15, 0.2) is 0 Å². The van der Waals surface area contributed by atoms with Crippen LogP contribution in [0.1, 0.15) is 28.1 Å². The largest absolute Gasteiger partial charge is 0.331 e. The van der Waals surface area contributed by atoms with E-state index in [-0.39, 0.29) is 6.03 Å². The van der Waals surface area contributed by atoms with Gasteiger partial charge in [-0.15, -0.1) is 15.3 Å². The molecule has 0 radical (unpaired) electrons. The number of nitrogens with one attached hydrogen (secondary N) is 2. The van der Waals surface area contributed by atoms with Crippen LogP contribution in [-0.2, 0) is 13.0 Å². The molecule has 1 aromatic carbocycles. The van der Waals surface area contributed by atoms with Crippen LogP contribution < -0.4 is 10.6 Å². The average Bonchev–Trinajstić information content (AvgIpc) is 3.28. The van der Waals surface area contributed by atoms with E-state index >= 15 is 0 Å². The molecule has 3 aromatic rings. The summed E-state index contributed by atoms with van der Waals surface area (Å²) >= 11 is 1.50. The zero-order chi connectivity index (χ0) is 17.8. The first kappa shape index (κ1) is 17.0. The topological polar surface area (TPSA) is 111 Å². The van der Waals surface area contributed by atoms with Gasteiger partial charge in [-0.1, -0.05) is 18.3 Å². The fourth-order valence-electron chi connectivity index (χ4n) is 2.21. The molecule has 0 saturated heterocycles. The molecule has 0 bridgehead atoms. The quantitative estimate of drug-likeness (QED) is 0.722. The van der Waals surface area contributed by atoms with Crippen LogP contribution in [0.3, 0.4) is 0 Å². The Bertz CT molecular complexity index is 874. The van der Waals surface area contributed by atoms with E-state index < -0.39 is 0 Å². The number of rotatable bonds is 5. The molecule has 0 unspecified atom stereocenters. The predicted octanol–water partition coefficient (Wildman–Crippen LogP) is 2.01. The number of urea groups is 1. The molecule has 0 atom stereocenters. The van der Waals surface area contributed by atoms with Gasteiger partial charge in [0, 0.05) is 5.69 Å². The Morgan fingerprint density at radius 2 is 2.04 bits per heavy atom. The molecule has 0 fully saturated rings. The summed E-state index contributed by atoms with van der Waals surface area (Å²) < 4.78 is 1.54. The van der Waals surface area contributed by atoms with Crippen molar-refractivity contribution < 1.29 is 4.79 Å². The summed E-state index contributed by atoms with van der Waals surface area (Å²) in [7, 11) is 0. The van der Waals surface area contributed by atoms with Crippen LogP contribution in [0.5, 0.6) is 0 Å². The second kappa shape index (κ2) is 7.34. The lowest BCUT2D eigenvalue weighted by atomic mass is 10.1. The van der Waals surface area contributed by atoms with Crippen molar-refractivity contribution in [2.75, 3.05) is 5.32 Å². The van der Waals surface area contributed by atoms with Gasteiger partial charge >= 0.3 is 6.03 Å². The Balaban J connectivity index is 1.70. The van der Waals surface area contributed by atoms with Crippen LogP contribution in [0.15, 0.2) is 18.5 Å². The number of aryl methyl sites for hydroxylation is 2. The molecule has 130 valence electrons. The number of benzene rings is 1. The van der Waals surface area contributed by atoms with Crippen molar-refractivity contribution in [3.05, 3.63) is 39.6 Å². The first-order chi connectivity index (χ1) is 12.1. The Labute approximate surface area is 148 Å². The lowest BCUT2D eigenvalue weighted by Crippen LogP contribution is -2.28. The maximum absolute atomic E-state index is 12.2. The highest BCUT2D eigenvalue weighted by Gasteiger charge is 2.11. The van der Waals surface area contributed by atoms with Crippen molar-refractivity contribution in [1.29, 1.82) is 0 Å². The van der Waals surface area contributed by atoms with Crippen molar-refractivity contribution >= 4 is 23.1 Å². The van der Waals surface area contributed by atoms with E-state index in [9.17, 15) is 4.79 Å². The molecule has 25 heavy (non-hydrogen) atoms. The van der Waals surface area contributed by atoms with Gasteiger partial charge in [0.1, 0.15) is 16.3 Å². The summed E-state index contributed by atoms with van der Waals surface area (Å²) in [5.74, 6) is 0. The molecule has 2 aromatic heterocycles. The smallest absolute Gasteiger partial charge is 0.319 e. The van der Waals surface area contributed by atoms with E-state index in [0.717, 1.165) is 33.3 Å². The zero-order valence-corrected chi connectivity index (χ0v) is 15.0. The van der Waals surface area contributed by atoms with Crippen LogP contribution in [-0.4, -0.2) is 36.4 Å². The normalized spacial score (nSPS) is 10.7. The summed E-state index contributed by atoms with van der Waals surface area (Å²) in [6, 6.07) is 3.49. The Hall–Kier alpha value is -2.88. The van der Waals surface area contributed by atoms with Gasteiger partial charge in [-0.05, 0) is 54.0 Å². The third-order valence-electron chi connectivity index (χ3n) is 3.73. The van der Waals surface area contributed by atoms with Crippen LogP contribution >= 0.6 is 11.3 Å². The molecule has 2 amide bonds. The molecule has 0 aliphatic heterocycles. The number of amides is 2. The monoisotopic (exact) mass is 358 g/mol. The first-order valence-electron chi connectivity index (χ1n) is 7.77. The molecule has 0 aliphatic rings. The van der Waals surface area contributed by atoms with Gasteiger partial charge in [0.05, 0.1) is 12.2 Å². The molecule has 0 aliphatic carbocycles. The van der Waals surface area contributed by atoms with Crippen LogP contribution in [0, 0.1) is 13.8 Å². The number of anilines is 1. The highest BCUT2D eigenvalue weighted by molar-refractivity contribution is 7.11. The molecule has 10 heteroatoms. The van der Waals surface area contributed by atoms with Crippen molar-refractivity contribution in [3.8, 4) is 5.69 Å². The Morgan fingerprint density at radius 1 is 1.24 bits per heavy atom. The van der Waals surface area contributed by atoms with Crippen molar-refractivity contribution in [2.45, 2.75) is 33.7 Å². The Morgan fingerprint density at radius 3 is 2.72 bits per heavy atom. The fraction of sp³-hybridized carbons (Fsp3) is 0.333. The number of carbonyl (C=O) groups excluding carboxylic acids is 1. The minimum Gasteiger partial charge on any atom is -0.331 e. The SMILES string of the molecule is CCc1nnc(CNC(=O)Nc2cc(-n3cnnn3)cc(C)c2C)s1. The van der Waals surface area contributed by atoms with Gasteiger partial charge in [-0.25, -0.2) is 9.48 Å². The summed E-state index contributed by atoms with van der Waals surface area (Å²) in [6.45, 7) is 6.29. The molecule has 2 N–H and O–H groups in total. The fourth-order valence-corrected chi connectivity index (χ4v) is 2.93. The van der Waals surface area contributed by atoms with Crippen LogP contribution in [0.25, 0.3) is 5.69 Å². The second-order valence-corrected chi connectivity index (χ2v) is 6.59. The van der Waals surface area contributed by atoms with Gasteiger partial charge in [-0.3, -0.25) is 0 Å². The van der Waals surface area contributed by atoms with Gasteiger partial charge in [0.25, 0.3) is 0 Å². The Kier molecular flexibility index (Phi) is 4.98. The summed E-state index contributed by atoms with van der Waals surface area (Å²) in [6.07, 6.45) is 2.35. The number of hydrogen-bond acceptors (Lipinski definition) is 7. The highest BCUT2D eigenvalue weighted by Crippen LogP contribution is 2.23. The van der Waals surface area contributed by atoms with Gasteiger partial charge in [0.2, 0.25) is 0 Å². The lowest BCUT2D eigenvalue weighted by Gasteiger charge is -2.13. The third kappa shape index (κ3) is 3.97. The maximum atomic E-state index is 12.2. The first-order valence-corrected chi connectivity index (χ1v) is 8.59. The average molecular weight is 358 g/mol. The molecule has 0 saturated carbocycles. The van der Waals surface area contributed by atoms with Crippen LogP contribution in [0.2, 0.25) is 0 Å². The molecule has 3 rings (SSSR count). The molecular weight excluding hydrogens is 340 g/mol. The summed E-state index contributed by atoms with van der Waals surface area (Å²) in [5, 5.41) is 26.6. The number of nitrogens with zero attached hydrogens (tertiary/aromatic N) is 6. The minimum absolute atomic E-state index is 0.301. The predicted molar refractivity (Wildman–Crippen MR) is 93.8 cm³/mol. The van der Waals surface area contributed by atoms with Gasteiger partial charge < -0.3 is 10.6 Å². The van der Waals surface area contributed by atoms with E-state index in [4.69, 9.17) is 0 Å². The summed E-state index contributed by atoms with van der Waals surface area (Å²) in [4.78, 5) is 12.2. The number of tetrazole rings is 1. The van der Waals surface area contributed by atoms with E-state index in [1.807, 2.05) is 32.9 Å². The third-order valence-corrected chi connectivity index (χ3v) is 4.79. The zero-order valence-electron chi connectivity index (χ0n) is 14.1. The van der Waals surface area contributed by atoms with E-state index in [0.29, 0.717) is 12.2 Å². The lowest BCUT2D eigenvalue weighted by molar-refractivity contribution is 0.251. The van der Waals surface area contributed by atoms with Crippen molar-refractivity contribution in [1.82, 2.24) is 35.7 Å². The number of aromatic nitrogens is 6. The summed E-state index contributed by atoms with van der Waals surface area (Å²) in [5.41, 5.74) is 3.49. The van der Waals surface area contributed by atoms with E-state index in [2.05, 4.69) is 36.4 Å². The van der Waals surface area contributed by atoms with Crippen molar-refractivity contribution in [2.24, 2.45) is 0 Å². The molecular formula is C15H18N8OS. The number of hydrogen-bond donors (Lipinski definition) is 2. The second-order valence-electron chi connectivity index (χ2n) is 5.44. The maximum Gasteiger partial charge on any atom is 0.319 e. The van der Waals surface area contributed by atoms with E-state index in [1.54, 1.807) is 4.68 Å². The van der Waals surface area contributed by atoms with Crippen LogP contribution in [0.4, 0.5) is 10.5 Å². The van der Waals surface area contributed by atoms with E-state index in [1.165, 1.54) is 17.7 Å².